The first-order valence-electron chi connectivity index (χ1n) is 10.8. The number of thiophene rings is 1. The molecule has 0 amide bonds. The minimum absolute atomic E-state index is 0.110. The third-order valence-corrected chi connectivity index (χ3v) is 7.94. The molecule has 0 atom stereocenters. The monoisotopic (exact) mass is 490 g/mol. The minimum atomic E-state index is -0.142. The molecule has 0 fully saturated rings. The van der Waals surface area contributed by atoms with Crippen molar-refractivity contribution in [2.75, 3.05) is 7.11 Å². The summed E-state index contributed by atoms with van der Waals surface area (Å²) in [5.74, 6) is 1.05. The molecular weight excluding hydrogens is 468 g/mol. The number of hydrogen-bond donors (Lipinski definition) is 0. The number of aromatic nitrogens is 4. The number of hydrogen-bond acceptors (Lipinski definition) is 7. The topological polar surface area (TPSA) is 78.5 Å². The number of rotatable bonds is 6. The first-order chi connectivity index (χ1) is 16.5. The van der Waals surface area contributed by atoms with Crippen LogP contribution < -0.4 is 15.9 Å². The molecule has 0 aliphatic heterocycles. The molecule has 5 rings (SSSR count). The first-order valence-corrected chi connectivity index (χ1v) is 12.6. The molecule has 0 unspecified atom stereocenters. The van der Waals surface area contributed by atoms with E-state index in [1.165, 1.54) is 22.2 Å². The van der Waals surface area contributed by atoms with Crippen molar-refractivity contribution in [3.8, 4) is 11.4 Å². The van der Waals surface area contributed by atoms with Crippen LogP contribution in [0.4, 0.5) is 0 Å². The predicted molar refractivity (Wildman–Crippen MR) is 137 cm³/mol. The number of methoxy groups -OCH3 is 1. The first kappa shape index (κ1) is 22.4. The fraction of sp³-hybridized carbons (Fsp3) is 0.200. The molecule has 5 aromatic rings. The van der Waals surface area contributed by atoms with Crippen molar-refractivity contribution in [3.05, 3.63) is 91.6 Å². The Morgan fingerprint density at radius 2 is 1.94 bits per heavy atom. The molecule has 4 aromatic heterocycles. The van der Waals surface area contributed by atoms with Gasteiger partial charge in [0.25, 0.3) is 11.1 Å². The quantitative estimate of drug-likeness (QED) is 0.255. The maximum absolute atomic E-state index is 13.7. The SMILES string of the molecule is CCc1sc2nc(SCc3cc(=O)n4ccccc4n3)n(-c3cccc(OC)c3)c(=O)c2c1C. The van der Waals surface area contributed by atoms with Crippen LogP contribution in [0.15, 0.2) is 69.5 Å². The number of aryl methyl sites for hydroxylation is 2. The van der Waals surface area contributed by atoms with Crippen LogP contribution in [0.25, 0.3) is 21.6 Å². The van der Waals surface area contributed by atoms with Crippen LogP contribution >= 0.6 is 23.1 Å². The number of ether oxygens (including phenoxy) is 1. The third kappa shape index (κ3) is 3.91. The van der Waals surface area contributed by atoms with Gasteiger partial charge in [0.1, 0.15) is 16.2 Å². The van der Waals surface area contributed by atoms with Crippen LogP contribution in [0, 0.1) is 6.92 Å². The Hall–Kier alpha value is -3.43. The molecule has 9 heteroatoms. The van der Waals surface area contributed by atoms with Crippen molar-refractivity contribution in [2.24, 2.45) is 0 Å². The summed E-state index contributed by atoms with van der Waals surface area (Å²) in [4.78, 5) is 37.6. The van der Waals surface area contributed by atoms with Gasteiger partial charge in [-0.25, -0.2) is 9.97 Å². The second kappa shape index (κ2) is 9.08. The second-order valence-electron chi connectivity index (χ2n) is 7.72. The van der Waals surface area contributed by atoms with Crippen molar-refractivity contribution in [1.29, 1.82) is 0 Å². The van der Waals surface area contributed by atoms with Crippen LogP contribution in [-0.4, -0.2) is 26.0 Å². The minimum Gasteiger partial charge on any atom is -0.497 e. The summed E-state index contributed by atoms with van der Waals surface area (Å²) in [6, 6.07) is 14.3. The molecule has 172 valence electrons. The molecule has 0 radical (unpaired) electrons. The fourth-order valence-electron chi connectivity index (χ4n) is 3.94. The molecule has 7 nitrogen and oxygen atoms in total. The number of thioether (sulfide) groups is 1. The van der Waals surface area contributed by atoms with Gasteiger partial charge in [0.2, 0.25) is 0 Å². The van der Waals surface area contributed by atoms with Gasteiger partial charge >= 0.3 is 0 Å². The summed E-state index contributed by atoms with van der Waals surface area (Å²) in [7, 11) is 1.60. The van der Waals surface area contributed by atoms with Crippen molar-refractivity contribution in [2.45, 2.75) is 31.2 Å². The number of benzene rings is 1. The van der Waals surface area contributed by atoms with Crippen LogP contribution in [0.1, 0.15) is 23.1 Å². The predicted octanol–water partition coefficient (Wildman–Crippen LogP) is 4.63. The average molecular weight is 491 g/mol. The number of nitrogens with zero attached hydrogens (tertiary/aromatic N) is 4. The lowest BCUT2D eigenvalue weighted by Crippen LogP contribution is -2.22. The van der Waals surface area contributed by atoms with E-state index < -0.39 is 0 Å². The maximum Gasteiger partial charge on any atom is 0.267 e. The molecule has 0 N–H and O–H groups in total. The zero-order chi connectivity index (χ0) is 23.8. The summed E-state index contributed by atoms with van der Waals surface area (Å²) >= 11 is 2.94. The van der Waals surface area contributed by atoms with Gasteiger partial charge in [-0.15, -0.1) is 11.3 Å². The molecular formula is C25H22N4O3S2. The Morgan fingerprint density at radius 3 is 2.74 bits per heavy atom. The Bertz CT molecular complexity index is 1650. The third-order valence-electron chi connectivity index (χ3n) is 5.64. The van der Waals surface area contributed by atoms with Crippen molar-refractivity contribution in [1.82, 2.24) is 18.9 Å². The summed E-state index contributed by atoms with van der Waals surface area (Å²) in [6.07, 6.45) is 2.54. The van der Waals surface area contributed by atoms with Gasteiger partial charge in [-0.1, -0.05) is 30.8 Å². The van der Waals surface area contributed by atoms with E-state index in [1.54, 1.807) is 41.3 Å². The van der Waals surface area contributed by atoms with Crippen molar-refractivity contribution >= 4 is 39.0 Å². The molecule has 4 heterocycles. The van der Waals surface area contributed by atoms with Crippen LogP contribution in [-0.2, 0) is 12.2 Å². The summed E-state index contributed by atoms with van der Waals surface area (Å²) in [5, 5.41) is 1.20. The van der Waals surface area contributed by atoms with Gasteiger partial charge in [0, 0.05) is 29.0 Å². The highest BCUT2D eigenvalue weighted by Gasteiger charge is 2.19. The van der Waals surface area contributed by atoms with Gasteiger partial charge < -0.3 is 4.74 Å². The summed E-state index contributed by atoms with van der Waals surface area (Å²) in [5.41, 5.74) is 2.62. The molecule has 1 aromatic carbocycles. The molecule has 34 heavy (non-hydrogen) atoms. The largest absolute Gasteiger partial charge is 0.497 e. The Morgan fingerprint density at radius 1 is 1.09 bits per heavy atom. The van der Waals surface area contributed by atoms with Gasteiger partial charge in [-0.2, -0.15) is 0 Å². The zero-order valence-corrected chi connectivity index (χ0v) is 20.6. The van der Waals surface area contributed by atoms with E-state index in [-0.39, 0.29) is 11.1 Å². The molecule has 0 spiro atoms. The van der Waals surface area contributed by atoms with E-state index in [4.69, 9.17) is 9.72 Å². The lowest BCUT2D eigenvalue weighted by molar-refractivity contribution is 0.414. The molecule has 0 saturated carbocycles. The van der Waals surface area contributed by atoms with Crippen LogP contribution in [0.5, 0.6) is 5.75 Å². The van der Waals surface area contributed by atoms with E-state index in [0.29, 0.717) is 39.1 Å². The molecule has 0 aliphatic rings. The highest BCUT2D eigenvalue weighted by molar-refractivity contribution is 7.98. The summed E-state index contributed by atoms with van der Waals surface area (Å²) < 4.78 is 8.52. The zero-order valence-electron chi connectivity index (χ0n) is 18.9. The Labute approximate surface area is 203 Å². The van der Waals surface area contributed by atoms with E-state index in [1.807, 2.05) is 37.3 Å². The van der Waals surface area contributed by atoms with E-state index >= 15 is 0 Å². The van der Waals surface area contributed by atoms with E-state index in [0.717, 1.165) is 21.7 Å². The molecule has 0 aliphatic carbocycles. The smallest absolute Gasteiger partial charge is 0.267 e. The lowest BCUT2D eigenvalue weighted by Gasteiger charge is -2.13. The van der Waals surface area contributed by atoms with Gasteiger partial charge in [-0.3, -0.25) is 18.6 Å². The fourth-order valence-corrected chi connectivity index (χ4v) is 6.00. The standard InChI is InChI=1S/C25H22N4O3S2/c1-4-19-15(2)22-23(34-19)27-25(29(24(22)31)17-8-7-9-18(13-17)32-3)33-14-16-12-21(30)28-11-6-5-10-20(28)26-16/h5-13H,4,14H2,1-3H3. The second-order valence-corrected chi connectivity index (χ2v) is 9.75. The average Bonchev–Trinajstić information content (AvgIpc) is 3.18. The highest BCUT2D eigenvalue weighted by atomic mass is 32.2. The van der Waals surface area contributed by atoms with Crippen molar-refractivity contribution < 1.29 is 4.74 Å². The lowest BCUT2D eigenvalue weighted by atomic mass is 10.2. The van der Waals surface area contributed by atoms with Gasteiger partial charge in [0.05, 0.1) is 23.9 Å². The van der Waals surface area contributed by atoms with E-state index in [9.17, 15) is 9.59 Å². The van der Waals surface area contributed by atoms with Crippen LogP contribution in [0.2, 0.25) is 0 Å². The normalized spacial score (nSPS) is 11.4. The molecule has 0 saturated heterocycles. The van der Waals surface area contributed by atoms with Crippen molar-refractivity contribution in [3.63, 3.8) is 0 Å². The highest BCUT2D eigenvalue weighted by Crippen LogP contribution is 2.31. The van der Waals surface area contributed by atoms with Gasteiger partial charge in [-0.05, 0) is 43.2 Å². The van der Waals surface area contributed by atoms with Gasteiger partial charge in [0.15, 0.2) is 5.16 Å². The number of fused-ring (bicyclic) bond motifs is 2. The Kier molecular flexibility index (Phi) is 5.97. The van der Waals surface area contributed by atoms with E-state index in [2.05, 4.69) is 11.9 Å². The number of pyridine rings is 1. The maximum atomic E-state index is 13.7. The molecule has 0 bridgehead atoms. The van der Waals surface area contributed by atoms with Crippen LogP contribution in [0.3, 0.4) is 0 Å². The Balaban J connectivity index is 1.64. The summed E-state index contributed by atoms with van der Waals surface area (Å²) in [6.45, 7) is 4.06.